The van der Waals surface area contributed by atoms with Crippen LogP contribution in [0.4, 0.5) is 0 Å². The van der Waals surface area contributed by atoms with Crippen molar-refractivity contribution in [3.63, 3.8) is 0 Å². The maximum Gasteiger partial charge on any atom is 0.235 e. The molecule has 1 aromatic rings. The number of hydrogen-bond acceptors (Lipinski definition) is 5. The van der Waals surface area contributed by atoms with E-state index in [9.17, 15) is 14.7 Å². The lowest BCUT2D eigenvalue weighted by atomic mass is 9.98. The monoisotopic (exact) mass is 233 g/mol. The van der Waals surface area contributed by atoms with Crippen molar-refractivity contribution in [1.82, 2.24) is 0 Å². The number of aliphatic imine (C=N–C) groups is 1. The molecule has 1 fully saturated rings. The minimum atomic E-state index is -0.654. The second kappa shape index (κ2) is 4.03. The Bertz CT molecular complexity index is 513. The minimum absolute atomic E-state index is 0.107. The summed E-state index contributed by atoms with van der Waals surface area (Å²) in [6, 6.07) is 2.87. The molecule has 1 aliphatic carbocycles. The first kappa shape index (κ1) is 11.4. The van der Waals surface area contributed by atoms with E-state index >= 15 is 0 Å². The van der Waals surface area contributed by atoms with Gasteiger partial charge in [-0.25, -0.2) is 4.79 Å². The normalized spacial score (nSPS) is 15.8. The Labute approximate surface area is 97.7 Å². The molecule has 1 saturated carbocycles. The summed E-state index contributed by atoms with van der Waals surface area (Å²) in [5, 5.41) is 9.57. The summed E-state index contributed by atoms with van der Waals surface area (Å²) >= 11 is 0. The molecule has 0 amide bonds. The number of rotatable bonds is 4. The molecule has 1 aliphatic rings. The van der Waals surface area contributed by atoms with Crippen molar-refractivity contribution in [3.8, 4) is 11.5 Å². The lowest BCUT2D eigenvalue weighted by molar-refractivity contribution is 0.112. The summed E-state index contributed by atoms with van der Waals surface area (Å²) in [6.45, 7) is 0. The van der Waals surface area contributed by atoms with Gasteiger partial charge in [-0.15, -0.1) is 0 Å². The molecule has 2 rings (SSSR count). The van der Waals surface area contributed by atoms with Crippen molar-refractivity contribution in [3.05, 3.63) is 23.3 Å². The molecule has 0 aliphatic heterocycles. The number of nitrogens with zero attached hydrogens (tertiary/aromatic N) is 1. The zero-order valence-electron chi connectivity index (χ0n) is 9.27. The highest BCUT2D eigenvalue weighted by Crippen LogP contribution is 2.51. The largest absolute Gasteiger partial charge is 0.504 e. The molecule has 0 heterocycles. The predicted octanol–water partition coefficient (Wildman–Crippen LogP) is 1.54. The lowest BCUT2D eigenvalue weighted by Crippen LogP contribution is -2.07. The Morgan fingerprint density at radius 3 is 2.71 bits per heavy atom. The van der Waals surface area contributed by atoms with Gasteiger partial charge in [0, 0.05) is 5.56 Å². The number of phenolic OH excluding ortho intramolecular Hbond substituents is 1. The molecule has 0 saturated heterocycles. The van der Waals surface area contributed by atoms with Crippen molar-refractivity contribution in [2.45, 2.75) is 18.4 Å². The number of aromatic hydroxyl groups is 1. The summed E-state index contributed by atoms with van der Waals surface area (Å²) in [7, 11) is 1.42. The van der Waals surface area contributed by atoms with Gasteiger partial charge in [-0.2, -0.15) is 4.99 Å². The third-order valence-corrected chi connectivity index (χ3v) is 2.96. The summed E-state index contributed by atoms with van der Waals surface area (Å²) in [5.74, 6) is 0.155. The number of isocyanates is 1. The molecular formula is C12H11NO4. The number of methoxy groups -OCH3 is 1. The van der Waals surface area contributed by atoms with Crippen LogP contribution in [0, 0.1) is 0 Å². The summed E-state index contributed by atoms with van der Waals surface area (Å²) in [6.07, 6.45) is 3.54. The van der Waals surface area contributed by atoms with E-state index in [0.717, 1.165) is 0 Å². The Kier molecular flexibility index (Phi) is 2.69. The predicted molar refractivity (Wildman–Crippen MR) is 59.1 cm³/mol. The second-order valence-corrected chi connectivity index (χ2v) is 3.96. The van der Waals surface area contributed by atoms with E-state index in [1.807, 2.05) is 0 Å². The molecular weight excluding hydrogens is 222 g/mol. The second-order valence-electron chi connectivity index (χ2n) is 3.96. The van der Waals surface area contributed by atoms with Crippen molar-refractivity contribution in [2.75, 3.05) is 7.11 Å². The Hall–Kier alpha value is -2.13. The van der Waals surface area contributed by atoms with Gasteiger partial charge in [0.15, 0.2) is 17.8 Å². The van der Waals surface area contributed by atoms with Gasteiger partial charge >= 0.3 is 0 Å². The van der Waals surface area contributed by atoms with Crippen LogP contribution in [0.5, 0.6) is 11.5 Å². The number of hydrogen-bond donors (Lipinski definition) is 1. The Morgan fingerprint density at radius 1 is 1.53 bits per heavy atom. The van der Waals surface area contributed by atoms with Gasteiger partial charge in [0.05, 0.1) is 12.6 Å². The van der Waals surface area contributed by atoms with Crippen LogP contribution in [0.15, 0.2) is 17.1 Å². The molecule has 0 aromatic heterocycles. The fraction of sp³-hybridized carbons (Fsp3) is 0.333. The molecule has 5 nitrogen and oxygen atoms in total. The van der Waals surface area contributed by atoms with Crippen LogP contribution >= 0.6 is 0 Å². The van der Waals surface area contributed by atoms with E-state index in [1.165, 1.54) is 19.3 Å². The van der Waals surface area contributed by atoms with Crippen molar-refractivity contribution in [2.24, 2.45) is 4.99 Å². The topological polar surface area (TPSA) is 76.0 Å². The quantitative estimate of drug-likeness (QED) is 0.486. The third-order valence-electron chi connectivity index (χ3n) is 2.96. The Balaban J connectivity index is 2.59. The summed E-state index contributed by atoms with van der Waals surface area (Å²) in [5.41, 5.74) is 0.268. The first-order valence-corrected chi connectivity index (χ1v) is 5.12. The highest BCUT2D eigenvalue weighted by molar-refractivity contribution is 5.80. The van der Waals surface area contributed by atoms with E-state index in [2.05, 4.69) is 4.99 Å². The maximum atomic E-state index is 11.0. The van der Waals surface area contributed by atoms with E-state index < -0.39 is 5.54 Å². The van der Waals surface area contributed by atoms with Gasteiger partial charge in [-0.05, 0) is 30.5 Å². The number of phenols is 1. The molecule has 0 unspecified atom stereocenters. The van der Waals surface area contributed by atoms with E-state index in [0.29, 0.717) is 30.3 Å². The lowest BCUT2D eigenvalue weighted by Gasteiger charge is -2.13. The van der Waals surface area contributed by atoms with Crippen LogP contribution in [-0.4, -0.2) is 24.6 Å². The van der Waals surface area contributed by atoms with Crippen LogP contribution in [0.25, 0.3) is 0 Å². The van der Waals surface area contributed by atoms with Crippen molar-refractivity contribution in [1.29, 1.82) is 0 Å². The van der Waals surface area contributed by atoms with Crippen LogP contribution in [0.3, 0.4) is 0 Å². The summed E-state index contributed by atoms with van der Waals surface area (Å²) in [4.78, 5) is 25.1. The molecule has 1 N–H and O–H groups in total. The van der Waals surface area contributed by atoms with Gasteiger partial charge in [0.1, 0.15) is 0 Å². The zero-order chi connectivity index (χ0) is 12.5. The average molecular weight is 233 g/mol. The fourth-order valence-corrected chi connectivity index (χ4v) is 1.90. The highest BCUT2D eigenvalue weighted by Gasteiger charge is 2.46. The van der Waals surface area contributed by atoms with E-state index in [1.54, 1.807) is 6.07 Å². The van der Waals surface area contributed by atoms with Gasteiger partial charge in [0.2, 0.25) is 6.08 Å². The number of carbonyl (C=O) groups is 1. The molecule has 17 heavy (non-hydrogen) atoms. The van der Waals surface area contributed by atoms with Crippen LogP contribution < -0.4 is 4.74 Å². The molecule has 0 atom stereocenters. The molecule has 0 spiro atoms. The van der Waals surface area contributed by atoms with Gasteiger partial charge < -0.3 is 9.84 Å². The number of benzene rings is 1. The minimum Gasteiger partial charge on any atom is -0.504 e. The van der Waals surface area contributed by atoms with Crippen molar-refractivity contribution < 1.29 is 19.4 Å². The molecule has 1 aromatic carbocycles. The summed E-state index contributed by atoms with van der Waals surface area (Å²) < 4.78 is 4.98. The smallest absolute Gasteiger partial charge is 0.235 e. The van der Waals surface area contributed by atoms with Crippen LogP contribution in [0.1, 0.15) is 28.8 Å². The molecule has 0 bridgehead atoms. The molecule has 88 valence electrons. The molecule has 5 heteroatoms. The highest BCUT2D eigenvalue weighted by atomic mass is 16.5. The Morgan fingerprint density at radius 2 is 2.24 bits per heavy atom. The first-order valence-electron chi connectivity index (χ1n) is 5.12. The standard InChI is InChI=1S/C12H11NO4/c1-17-11-5-9(8(6-14)4-10(11)16)12(2-3-12)13-7-15/h4-6,16H,2-3H2,1H3. The zero-order valence-corrected chi connectivity index (χ0v) is 9.27. The van der Waals surface area contributed by atoms with Crippen LogP contribution in [-0.2, 0) is 10.3 Å². The van der Waals surface area contributed by atoms with Crippen molar-refractivity contribution >= 4 is 12.4 Å². The van der Waals surface area contributed by atoms with E-state index in [-0.39, 0.29) is 11.5 Å². The average Bonchev–Trinajstić information content (AvgIpc) is 3.10. The maximum absolute atomic E-state index is 11.0. The fourth-order valence-electron chi connectivity index (χ4n) is 1.90. The van der Waals surface area contributed by atoms with E-state index in [4.69, 9.17) is 4.74 Å². The number of carbonyl (C=O) groups excluding carboxylic acids is 2. The number of ether oxygens (including phenoxy) is 1. The van der Waals surface area contributed by atoms with Gasteiger partial charge in [-0.1, -0.05) is 0 Å². The van der Waals surface area contributed by atoms with Gasteiger partial charge in [-0.3, -0.25) is 4.79 Å². The third kappa shape index (κ3) is 1.81. The number of aldehydes is 1. The molecule has 0 radical (unpaired) electrons. The first-order chi connectivity index (χ1) is 8.16. The SMILES string of the molecule is COc1cc(C2(N=C=O)CC2)c(C=O)cc1O. The van der Waals surface area contributed by atoms with Gasteiger partial charge in [0.25, 0.3) is 0 Å². The van der Waals surface area contributed by atoms with Crippen LogP contribution in [0.2, 0.25) is 0 Å².